The third-order valence-electron chi connectivity index (χ3n) is 5.96. The smallest absolute Gasteiger partial charge is 0.352 e. The van der Waals surface area contributed by atoms with Crippen molar-refractivity contribution in [2.45, 2.75) is 24.4 Å². The lowest BCUT2D eigenvalue weighted by atomic mass is 9.99. The SMILES string of the molecule is CC1=C(C(=O)O)N2C(=O)C(N(C(=O)COc3ccccc3[N+](=O)[O-])C(=O)[C@H](N)c3ccccc3)[C@H]2SC1. The Hall–Kier alpha value is -4.23. The lowest BCUT2D eigenvalue weighted by molar-refractivity contribution is -0.385. The van der Waals surface area contributed by atoms with Crippen LogP contribution in [0.5, 0.6) is 5.75 Å². The first-order chi connectivity index (χ1) is 17.6. The number of carbonyl (C=O) groups excluding carboxylic acids is 3. The van der Waals surface area contributed by atoms with E-state index >= 15 is 0 Å². The van der Waals surface area contributed by atoms with Crippen molar-refractivity contribution in [3.8, 4) is 5.75 Å². The Labute approximate surface area is 214 Å². The number of nitro benzene ring substituents is 1. The molecule has 0 radical (unpaired) electrons. The zero-order valence-corrected chi connectivity index (χ0v) is 20.3. The molecular formula is C24H22N4O8S. The van der Waals surface area contributed by atoms with Gasteiger partial charge in [0.25, 0.3) is 17.7 Å². The highest BCUT2D eigenvalue weighted by Crippen LogP contribution is 2.43. The number of nitro groups is 1. The number of rotatable bonds is 8. The summed E-state index contributed by atoms with van der Waals surface area (Å²) in [6.45, 7) is 0.799. The van der Waals surface area contributed by atoms with E-state index in [2.05, 4.69) is 0 Å². The van der Waals surface area contributed by atoms with E-state index in [0.717, 1.165) is 4.90 Å². The molecule has 37 heavy (non-hydrogen) atoms. The van der Waals surface area contributed by atoms with E-state index in [-0.39, 0.29) is 22.9 Å². The van der Waals surface area contributed by atoms with Crippen LogP contribution < -0.4 is 10.5 Å². The van der Waals surface area contributed by atoms with Gasteiger partial charge in [-0.15, -0.1) is 11.8 Å². The average Bonchev–Trinajstić information content (AvgIpc) is 2.89. The van der Waals surface area contributed by atoms with Gasteiger partial charge < -0.3 is 15.6 Å². The zero-order valence-electron chi connectivity index (χ0n) is 19.5. The molecule has 13 heteroatoms. The molecule has 0 saturated carbocycles. The lowest BCUT2D eigenvalue weighted by Gasteiger charge is -2.52. The molecule has 2 aliphatic heterocycles. The molecule has 0 aliphatic carbocycles. The van der Waals surface area contributed by atoms with Crippen molar-refractivity contribution in [1.29, 1.82) is 0 Å². The molecule has 0 bridgehead atoms. The summed E-state index contributed by atoms with van der Waals surface area (Å²) in [5.41, 5.74) is 6.47. The highest BCUT2D eigenvalue weighted by Gasteiger charge is 2.58. The Morgan fingerprint density at radius 1 is 1.22 bits per heavy atom. The van der Waals surface area contributed by atoms with Crippen molar-refractivity contribution in [1.82, 2.24) is 9.80 Å². The molecule has 0 spiro atoms. The molecule has 3 amide bonds. The molecule has 4 rings (SSSR count). The van der Waals surface area contributed by atoms with E-state index < -0.39 is 52.7 Å². The first kappa shape index (κ1) is 25.9. The van der Waals surface area contributed by atoms with Gasteiger partial charge >= 0.3 is 11.7 Å². The summed E-state index contributed by atoms with van der Waals surface area (Å²) in [7, 11) is 0. The predicted octanol–water partition coefficient (Wildman–Crippen LogP) is 1.67. The van der Waals surface area contributed by atoms with Gasteiger partial charge in [0.2, 0.25) is 0 Å². The van der Waals surface area contributed by atoms with E-state index in [9.17, 15) is 34.4 Å². The van der Waals surface area contributed by atoms with Crippen LogP contribution >= 0.6 is 11.8 Å². The fourth-order valence-corrected chi connectivity index (χ4v) is 5.50. The number of amides is 3. The maximum Gasteiger partial charge on any atom is 0.352 e. The average molecular weight is 527 g/mol. The summed E-state index contributed by atoms with van der Waals surface area (Å²) >= 11 is 1.21. The highest BCUT2D eigenvalue weighted by molar-refractivity contribution is 8.00. The topological polar surface area (TPSA) is 173 Å². The summed E-state index contributed by atoms with van der Waals surface area (Å²) in [5, 5.41) is 20.1. The number of para-hydroxylation sites is 2. The molecular weight excluding hydrogens is 504 g/mol. The number of thioether (sulfide) groups is 1. The number of hydrogen-bond acceptors (Lipinski definition) is 9. The molecule has 3 atom stereocenters. The van der Waals surface area contributed by atoms with E-state index in [1.165, 1.54) is 36.0 Å². The van der Waals surface area contributed by atoms with Crippen LogP contribution in [0.2, 0.25) is 0 Å². The van der Waals surface area contributed by atoms with Gasteiger partial charge in [-0.1, -0.05) is 42.5 Å². The van der Waals surface area contributed by atoms with Crippen LogP contribution in [0.3, 0.4) is 0 Å². The number of benzene rings is 2. The molecule has 1 fully saturated rings. The van der Waals surface area contributed by atoms with Crippen molar-refractivity contribution in [2.24, 2.45) is 5.73 Å². The van der Waals surface area contributed by atoms with Crippen molar-refractivity contribution in [3.05, 3.63) is 81.5 Å². The number of fused-ring (bicyclic) bond motifs is 1. The normalized spacial score (nSPS) is 19.4. The van der Waals surface area contributed by atoms with Gasteiger partial charge in [-0.25, -0.2) is 4.79 Å². The van der Waals surface area contributed by atoms with Gasteiger partial charge in [0.05, 0.1) is 4.92 Å². The third-order valence-corrected chi connectivity index (χ3v) is 7.37. The van der Waals surface area contributed by atoms with Gasteiger partial charge in [0.1, 0.15) is 23.2 Å². The minimum Gasteiger partial charge on any atom is -0.477 e. The molecule has 192 valence electrons. The number of β-lactam (4-membered cyclic amide) rings is 1. The number of ether oxygens (including phenoxy) is 1. The molecule has 1 unspecified atom stereocenters. The molecule has 2 aromatic carbocycles. The predicted molar refractivity (Wildman–Crippen MR) is 131 cm³/mol. The van der Waals surface area contributed by atoms with Crippen molar-refractivity contribution in [2.75, 3.05) is 12.4 Å². The second-order valence-electron chi connectivity index (χ2n) is 8.29. The number of carboxylic acid groups (broad SMARTS) is 1. The molecule has 0 aromatic heterocycles. The Balaban J connectivity index is 1.65. The molecule has 12 nitrogen and oxygen atoms in total. The first-order valence-electron chi connectivity index (χ1n) is 11.0. The quantitative estimate of drug-likeness (QED) is 0.293. The maximum atomic E-state index is 13.5. The molecule has 2 aliphatic rings. The first-order valence-corrected chi connectivity index (χ1v) is 12.1. The Morgan fingerprint density at radius 2 is 1.86 bits per heavy atom. The fraction of sp³-hybridized carbons (Fsp3) is 0.250. The van der Waals surface area contributed by atoms with Gasteiger partial charge in [-0.2, -0.15) is 0 Å². The number of aliphatic carboxylic acids is 1. The lowest BCUT2D eigenvalue weighted by Crippen LogP contribution is -2.73. The van der Waals surface area contributed by atoms with Crippen molar-refractivity contribution in [3.63, 3.8) is 0 Å². The zero-order chi connectivity index (χ0) is 26.9. The number of nitrogens with two attached hydrogens (primary N) is 1. The summed E-state index contributed by atoms with van der Waals surface area (Å²) in [5.74, 6) is -3.79. The minimum absolute atomic E-state index is 0.187. The monoisotopic (exact) mass is 526 g/mol. The molecule has 2 heterocycles. The fourth-order valence-electron chi connectivity index (χ4n) is 4.17. The summed E-state index contributed by atoms with van der Waals surface area (Å²) in [6, 6.07) is 11.0. The van der Waals surface area contributed by atoms with E-state index in [1.54, 1.807) is 37.3 Å². The van der Waals surface area contributed by atoms with Crippen LogP contribution in [-0.2, 0) is 19.2 Å². The number of carbonyl (C=O) groups is 4. The van der Waals surface area contributed by atoms with Crippen LogP contribution in [0, 0.1) is 10.1 Å². The number of imide groups is 1. The van der Waals surface area contributed by atoms with Crippen LogP contribution in [0.25, 0.3) is 0 Å². The van der Waals surface area contributed by atoms with Crippen molar-refractivity contribution < 1.29 is 33.9 Å². The Kier molecular flexibility index (Phi) is 7.27. The molecule has 3 N–H and O–H groups in total. The van der Waals surface area contributed by atoms with Crippen LogP contribution in [0.4, 0.5) is 5.69 Å². The Morgan fingerprint density at radius 3 is 2.51 bits per heavy atom. The summed E-state index contributed by atoms with van der Waals surface area (Å²) in [6.07, 6.45) is 0. The van der Waals surface area contributed by atoms with Crippen LogP contribution in [-0.4, -0.2) is 67.3 Å². The second-order valence-corrected chi connectivity index (χ2v) is 9.40. The number of carboxylic acids is 1. The molecule has 1 saturated heterocycles. The highest BCUT2D eigenvalue weighted by atomic mass is 32.2. The third kappa shape index (κ3) is 4.78. The van der Waals surface area contributed by atoms with Crippen LogP contribution in [0.15, 0.2) is 65.9 Å². The standard InChI is InChI=1S/C24H22N4O8S/c1-13-12-37-23-20(22(31)27(23)19(13)24(32)33)26(21(30)18(25)14-7-3-2-4-8-14)17(29)11-36-16-10-6-5-9-15(16)28(34)35/h2-10,18,20,23H,11-12,25H2,1H3,(H,32,33)/t18-,20?,23-/m1/s1. The molecule has 2 aromatic rings. The van der Waals surface area contributed by atoms with Crippen LogP contribution in [0.1, 0.15) is 18.5 Å². The van der Waals surface area contributed by atoms with Gasteiger partial charge in [-0.3, -0.25) is 34.3 Å². The largest absolute Gasteiger partial charge is 0.477 e. The van der Waals surface area contributed by atoms with Crippen molar-refractivity contribution >= 4 is 41.1 Å². The minimum atomic E-state index is -1.32. The summed E-state index contributed by atoms with van der Waals surface area (Å²) < 4.78 is 5.38. The van der Waals surface area contributed by atoms with E-state index in [1.807, 2.05) is 0 Å². The van der Waals surface area contributed by atoms with Gasteiger partial charge in [-0.05, 0) is 24.1 Å². The maximum absolute atomic E-state index is 13.5. The van der Waals surface area contributed by atoms with Gasteiger partial charge in [0.15, 0.2) is 12.4 Å². The van der Waals surface area contributed by atoms with Gasteiger partial charge in [0, 0.05) is 11.8 Å². The second kappa shape index (κ2) is 10.4. The summed E-state index contributed by atoms with van der Waals surface area (Å²) in [4.78, 5) is 64.2. The number of hydrogen-bond donors (Lipinski definition) is 2. The van der Waals surface area contributed by atoms with E-state index in [0.29, 0.717) is 16.0 Å². The number of nitrogens with zero attached hydrogens (tertiary/aromatic N) is 3. The van der Waals surface area contributed by atoms with E-state index in [4.69, 9.17) is 10.5 Å². The Bertz CT molecular complexity index is 1310.